The van der Waals surface area contributed by atoms with Gasteiger partial charge in [-0.05, 0) is 45.8 Å². The lowest BCUT2D eigenvalue weighted by Gasteiger charge is -2.21. The summed E-state index contributed by atoms with van der Waals surface area (Å²) in [6, 6.07) is 9.81. The molecule has 20 heavy (non-hydrogen) atoms. The Kier molecular flexibility index (Phi) is 5.96. The average molecular weight is 276 g/mol. The van der Waals surface area contributed by atoms with E-state index in [2.05, 4.69) is 0 Å². The maximum atomic E-state index is 12.3. The van der Waals surface area contributed by atoms with Gasteiger partial charge < -0.3 is 9.47 Å². The summed E-state index contributed by atoms with van der Waals surface area (Å²) in [5, 5.41) is 0. The summed E-state index contributed by atoms with van der Waals surface area (Å²) in [4.78, 5) is 12.3. The predicted molar refractivity (Wildman–Crippen MR) is 81.4 cm³/mol. The molecule has 0 fully saturated rings. The van der Waals surface area contributed by atoms with Crippen molar-refractivity contribution in [2.75, 3.05) is 13.2 Å². The summed E-state index contributed by atoms with van der Waals surface area (Å²) in [5.41, 5.74) is 1.97. The Bertz CT molecular complexity index is 467. The fourth-order valence-electron chi connectivity index (χ4n) is 1.73. The number of allylic oxidation sites excluding steroid dienone is 1. The first-order chi connectivity index (χ1) is 9.35. The molecule has 0 unspecified atom stereocenters. The van der Waals surface area contributed by atoms with Crippen LogP contribution >= 0.6 is 0 Å². The molecular weight excluding hydrogens is 252 g/mol. The van der Waals surface area contributed by atoms with Gasteiger partial charge in [-0.3, -0.25) is 0 Å². The number of esters is 1. The predicted octanol–water partition coefficient (Wildman–Crippen LogP) is 3.84. The summed E-state index contributed by atoms with van der Waals surface area (Å²) >= 11 is 0. The van der Waals surface area contributed by atoms with Crippen LogP contribution in [-0.2, 0) is 14.3 Å². The van der Waals surface area contributed by atoms with E-state index in [1.165, 1.54) is 0 Å². The molecule has 0 saturated heterocycles. The molecule has 0 aliphatic carbocycles. The van der Waals surface area contributed by atoms with Crippen molar-refractivity contribution in [2.24, 2.45) is 0 Å². The quantitative estimate of drug-likeness (QED) is 0.605. The summed E-state index contributed by atoms with van der Waals surface area (Å²) in [5.74, 6) is -0.313. The first-order valence-electron chi connectivity index (χ1n) is 6.91. The number of carbonyl (C=O) groups excluding carboxylic acids is 1. The van der Waals surface area contributed by atoms with Gasteiger partial charge in [0.2, 0.25) is 0 Å². The third-order valence-electron chi connectivity index (χ3n) is 2.76. The van der Waals surface area contributed by atoms with Crippen LogP contribution in [0.15, 0.2) is 35.9 Å². The van der Waals surface area contributed by atoms with Crippen LogP contribution in [0.3, 0.4) is 0 Å². The molecule has 0 bridgehead atoms. The number of ether oxygens (including phenoxy) is 2. The largest absolute Gasteiger partial charge is 0.457 e. The number of benzene rings is 1. The van der Waals surface area contributed by atoms with E-state index in [1.807, 2.05) is 65.0 Å². The van der Waals surface area contributed by atoms with E-state index in [0.717, 1.165) is 11.1 Å². The number of carbonyl (C=O) groups is 1. The van der Waals surface area contributed by atoms with Crippen molar-refractivity contribution in [1.82, 2.24) is 0 Å². The smallest absolute Gasteiger partial charge is 0.337 e. The maximum Gasteiger partial charge on any atom is 0.337 e. The summed E-state index contributed by atoms with van der Waals surface area (Å²) < 4.78 is 10.9. The van der Waals surface area contributed by atoms with Crippen molar-refractivity contribution in [2.45, 2.75) is 40.2 Å². The standard InChI is InChI=1S/C17H24O3/c1-6-19-12-15(16(18)20-17(3,4)5)13(2)14-10-8-7-9-11-14/h7-11H,6,12H2,1-5H3. The van der Waals surface area contributed by atoms with Crippen LogP contribution in [-0.4, -0.2) is 24.8 Å². The van der Waals surface area contributed by atoms with Gasteiger partial charge in [0.15, 0.2) is 0 Å². The van der Waals surface area contributed by atoms with E-state index >= 15 is 0 Å². The minimum atomic E-state index is -0.508. The molecule has 1 aromatic carbocycles. The topological polar surface area (TPSA) is 35.5 Å². The highest BCUT2D eigenvalue weighted by atomic mass is 16.6. The monoisotopic (exact) mass is 276 g/mol. The van der Waals surface area contributed by atoms with E-state index in [4.69, 9.17) is 9.47 Å². The molecule has 0 amide bonds. The third-order valence-corrected chi connectivity index (χ3v) is 2.76. The van der Waals surface area contributed by atoms with E-state index in [0.29, 0.717) is 12.2 Å². The van der Waals surface area contributed by atoms with E-state index < -0.39 is 5.60 Å². The van der Waals surface area contributed by atoms with Crippen LogP contribution in [0, 0.1) is 0 Å². The van der Waals surface area contributed by atoms with Crippen LogP contribution in [0.5, 0.6) is 0 Å². The van der Waals surface area contributed by atoms with E-state index in [1.54, 1.807) is 0 Å². The van der Waals surface area contributed by atoms with Gasteiger partial charge in [0.1, 0.15) is 5.60 Å². The normalized spacial score (nSPS) is 12.8. The average Bonchev–Trinajstić information content (AvgIpc) is 2.38. The van der Waals surface area contributed by atoms with Crippen LogP contribution < -0.4 is 0 Å². The van der Waals surface area contributed by atoms with Gasteiger partial charge in [-0.15, -0.1) is 0 Å². The minimum absolute atomic E-state index is 0.270. The van der Waals surface area contributed by atoms with Gasteiger partial charge in [0, 0.05) is 6.61 Å². The molecule has 3 nitrogen and oxygen atoms in total. The zero-order valence-corrected chi connectivity index (χ0v) is 13.0. The van der Waals surface area contributed by atoms with Crippen LogP contribution in [0.4, 0.5) is 0 Å². The molecule has 110 valence electrons. The number of rotatable bonds is 5. The third kappa shape index (κ3) is 5.17. The molecule has 1 aromatic rings. The second-order valence-corrected chi connectivity index (χ2v) is 5.61. The minimum Gasteiger partial charge on any atom is -0.457 e. The van der Waals surface area contributed by atoms with Gasteiger partial charge in [-0.25, -0.2) is 4.79 Å². The van der Waals surface area contributed by atoms with Crippen molar-refractivity contribution in [3.8, 4) is 0 Å². The Hall–Kier alpha value is -1.61. The fourth-order valence-corrected chi connectivity index (χ4v) is 1.73. The Morgan fingerprint density at radius 2 is 1.75 bits per heavy atom. The second-order valence-electron chi connectivity index (χ2n) is 5.61. The number of hydrogen-bond acceptors (Lipinski definition) is 3. The van der Waals surface area contributed by atoms with Gasteiger partial charge in [0.05, 0.1) is 12.2 Å². The van der Waals surface area contributed by atoms with Gasteiger partial charge >= 0.3 is 5.97 Å². The summed E-state index contributed by atoms with van der Waals surface area (Å²) in [7, 11) is 0. The Morgan fingerprint density at radius 3 is 2.25 bits per heavy atom. The Labute approximate surface area is 121 Å². The van der Waals surface area contributed by atoms with E-state index in [-0.39, 0.29) is 12.6 Å². The lowest BCUT2D eigenvalue weighted by molar-refractivity contribution is -0.150. The molecule has 0 aliphatic heterocycles. The molecule has 0 radical (unpaired) electrons. The zero-order chi connectivity index (χ0) is 15.2. The molecule has 0 heterocycles. The Balaban J connectivity index is 3.07. The molecule has 0 aliphatic rings. The van der Waals surface area contributed by atoms with Crippen molar-refractivity contribution in [3.05, 3.63) is 41.5 Å². The molecule has 1 rings (SSSR count). The van der Waals surface area contributed by atoms with Crippen LogP contribution in [0.1, 0.15) is 40.2 Å². The lowest BCUT2D eigenvalue weighted by atomic mass is 10.0. The highest BCUT2D eigenvalue weighted by Gasteiger charge is 2.22. The Morgan fingerprint density at radius 1 is 1.15 bits per heavy atom. The van der Waals surface area contributed by atoms with E-state index in [9.17, 15) is 4.79 Å². The molecular formula is C17H24O3. The van der Waals surface area contributed by atoms with Crippen LogP contribution in [0.25, 0.3) is 5.57 Å². The van der Waals surface area contributed by atoms with Gasteiger partial charge in [-0.2, -0.15) is 0 Å². The highest BCUT2D eigenvalue weighted by molar-refractivity contribution is 5.97. The zero-order valence-electron chi connectivity index (χ0n) is 13.0. The molecule has 0 saturated carbocycles. The van der Waals surface area contributed by atoms with Crippen molar-refractivity contribution in [3.63, 3.8) is 0 Å². The summed E-state index contributed by atoms with van der Waals surface area (Å²) in [6.45, 7) is 10.3. The van der Waals surface area contributed by atoms with Crippen molar-refractivity contribution >= 4 is 11.5 Å². The molecule has 0 N–H and O–H groups in total. The summed E-state index contributed by atoms with van der Waals surface area (Å²) in [6.07, 6.45) is 0. The molecule has 3 heteroatoms. The first kappa shape index (κ1) is 16.4. The van der Waals surface area contributed by atoms with Crippen LogP contribution in [0.2, 0.25) is 0 Å². The molecule has 0 atom stereocenters. The van der Waals surface area contributed by atoms with Gasteiger partial charge in [0.25, 0.3) is 0 Å². The lowest BCUT2D eigenvalue weighted by Crippen LogP contribution is -2.26. The highest BCUT2D eigenvalue weighted by Crippen LogP contribution is 2.21. The second kappa shape index (κ2) is 7.25. The fraction of sp³-hybridized carbons (Fsp3) is 0.471. The first-order valence-corrected chi connectivity index (χ1v) is 6.91. The van der Waals surface area contributed by atoms with Crippen molar-refractivity contribution < 1.29 is 14.3 Å². The molecule has 0 aromatic heterocycles. The SMILES string of the molecule is CCOCC(C(=O)OC(C)(C)C)=C(C)c1ccccc1. The van der Waals surface area contributed by atoms with Gasteiger partial charge in [-0.1, -0.05) is 30.3 Å². The number of hydrogen-bond donors (Lipinski definition) is 0. The molecule has 0 spiro atoms. The van der Waals surface area contributed by atoms with Crippen molar-refractivity contribution in [1.29, 1.82) is 0 Å². The maximum absolute atomic E-state index is 12.3.